The number of para-hydroxylation sites is 1. The van der Waals surface area contributed by atoms with Crippen LogP contribution in [0.3, 0.4) is 0 Å². The Morgan fingerprint density at radius 2 is 2.00 bits per heavy atom. The number of H-pyrrole nitrogens is 1. The Bertz CT molecular complexity index is 828. The zero-order valence-corrected chi connectivity index (χ0v) is 11.0. The summed E-state index contributed by atoms with van der Waals surface area (Å²) < 4.78 is 7.42. The molecule has 0 amide bonds. The van der Waals surface area contributed by atoms with E-state index in [1.165, 1.54) is 0 Å². The maximum atomic E-state index is 12.2. The third-order valence-corrected chi connectivity index (χ3v) is 4.01. The molecule has 1 N–H and O–H groups in total. The average molecular weight is 269 g/mol. The van der Waals surface area contributed by atoms with Gasteiger partial charge in [-0.2, -0.15) is 5.10 Å². The van der Waals surface area contributed by atoms with Gasteiger partial charge in [0.25, 0.3) is 5.56 Å². The highest BCUT2D eigenvalue weighted by molar-refractivity contribution is 6.02. The van der Waals surface area contributed by atoms with Crippen molar-refractivity contribution in [1.82, 2.24) is 14.8 Å². The lowest BCUT2D eigenvalue weighted by atomic mass is 10.1. The van der Waals surface area contributed by atoms with Crippen LogP contribution in [0, 0.1) is 0 Å². The molecule has 0 aliphatic carbocycles. The van der Waals surface area contributed by atoms with Gasteiger partial charge in [0.05, 0.1) is 28.7 Å². The maximum Gasteiger partial charge on any atom is 0.259 e. The summed E-state index contributed by atoms with van der Waals surface area (Å²) in [6.45, 7) is 1.51. The Labute approximate surface area is 115 Å². The molecule has 1 fully saturated rings. The highest BCUT2D eigenvalue weighted by Crippen LogP contribution is 2.27. The summed E-state index contributed by atoms with van der Waals surface area (Å²) in [5.41, 5.74) is 1.73. The van der Waals surface area contributed by atoms with Gasteiger partial charge in [-0.1, -0.05) is 18.2 Å². The van der Waals surface area contributed by atoms with Crippen LogP contribution in [0.5, 0.6) is 0 Å². The van der Waals surface area contributed by atoms with Crippen LogP contribution in [0.15, 0.2) is 35.3 Å². The summed E-state index contributed by atoms with van der Waals surface area (Å²) in [6.07, 6.45) is 3.56. The predicted octanol–water partition coefficient (Wildman–Crippen LogP) is 2.23. The number of ether oxygens (including phenoxy) is 1. The number of aromatic nitrogens is 3. The molecule has 0 unspecified atom stereocenters. The summed E-state index contributed by atoms with van der Waals surface area (Å²) in [5.74, 6) is 0. The Balaban J connectivity index is 2.04. The summed E-state index contributed by atoms with van der Waals surface area (Å²) >= 11 is 0. The van der Waals surface area contributed by atoms with Gasteiger partial charge in [-0.3, -0.25) is 9.48 Å². The number of hydrogen-bond acceptors (Lipinski definition) is 3. The fourth-order valence-corrected chi connectivity index (χ4v) is 2.99. The largest absolute Gasteiger partial charge is 0.381 e. The number of hydrogen-bond donors (Lipinski definition) is 1. The third-order valence-electron chi connectivity index (χ3n) is 4.01. The van der Waals surface area contributed by atoms with Gasteiger partial charge in [0.2, 0.25) is 0 Å². The number of fused-ring (bicyclic) bond motifs is 3. The van der Waals surface area contributed by atoms with Crippen LogP contribution in [0.4, 0.5) is 0 Å². The van der Waals surface area contributed by atoms with Crippen molar-refractivity contribution < 1.29 is 4.74 Å². The van der Waals surface area contributed by atoms with Gasteiger partial charge in [-0.15, -0.1) is 0 Å². The molecule has 3 aromatic rings. The van der Waals surface area contributed by atoms with E-state index in [1.54, 1.807) is 6.20 Å². The Morgan fingerprint density at radius 3 is 2.85 bits per heavy atom. The van der Waals surface area contributed by atoms with Crippen molar-refractivity contribution in [3.05, 3.63) is 40.8 Å². The first-order valence-corrected chi connectivity index (χ1v) is 6.90. The average Bonchev–Trinajstić information content (AvgIpc) is 2.94. The van der Waals surface area contributed by atoms with Crippen molar-refractivity contribution in [1.29, 1.82) is 0 Å². The van der Waals surface area contributed by atoms with Crippen LogP contribution in [0.25, 0.3) is 21.8 Å². The van der Waals surface area contributed by atoms with E-state index in [1.807, 2.05) is 28.9 Å². The first kappa shape index (κ1) is 11.7. The Morgan fingerprint density at radius 1 is 1.20 bits per heavy atom. The first-order chi connectivity index (χ1) is 9.84. The molecule has 1 saturated heterocycles. The van der Waals surface area contributed by atoms with E-state index in [9.17, 15) is 4.79 Å². The molecule has 3 heterocycles. The zero-order valence-electron chi connectivity index (χ0n) is 11.0. The van der Waals surface area contributed by atoms with E-state index >= 15 is 0 Å². The summed E-state index contributed by atoms with van der Waals surface area (Å²) in [7, 11) is 0. The standard InChI is InChI=1S/C15H15N3O2/c19-15-12-9-16-18(10-5-7-20-8-6-10)14(12)11-3-1-2-4-13(11)17-15/h1-4,9-10H,5-8H2,(H,17,19). The van der Waals surface area contributed by atoms with Gasteiger partial charge in [-0.25, -0.2) is 0 Å². The number of pyridine rings is 1. The minimum Gasteiger partial charge on any atom is -0.381 e. The van der Waals surface area contributed by atoms with Crippen LogP contribution in [0.2, 0.25) is 0 Å². The van der Waals surface area contributed by atoms with Crippen molar-refractivity contribution in [2.24, 2.45) is 0 Å². The molecular weight excluding hydrogens is 254 g/mol. The molecule has 0 bridgehead atoms. The van der Waals surface area contributed by atoms with Crippen molar-refractivity contribution in [3.8, 4) is 0 Å². The lowest BCUT2D eigenvalue weighted by Gasteiger charge is -2.23. The van der Waals surface area contributed by atoms with Gasteiger partial charge in [0.15, 0.2) is 0 Å². The maximum absolute atomic E-state index is 12.2. The molecule has 1 aromatic carbocycles. The topological polar surface area (TPSA) is 59.9 Å². The SMILES string of the molecule is O=c1[nH]c2ccccc2c2c1cnn2C1CCOCC1. The fourth-order valence-electron chi connectivity index (χ4n) is 2.99. The van der Waals surface area contributed by atoms with Gasteiger partial charge in [0, 0.05) is 18.6 Å². The summed E-state index contributed by atoms with van der Waals surface area (Å²) in [5, 5.41) is 6.18. The molecule has 1 aliphatic rings. The molecule has 5 heteroatoms. The van der Waals surface area contributed by atoms with Gasteiger partial charge in [-0.05, 0) is 18.9 Å². The normalized spacial score (nSPS) is 17.0. The van der Waals surface area contributed by atoms with Crippen molar-refractivity contribution >= 4 is 21.8 Å². The van der Waals surface area contributed by atoms with Crippen LogP contribution >= 0.6 is 0 Å². The Hall–Kier alpha value is -2.14. The lowest BCUT2D eigenvalue weighted by Crippen LogP contribution is -2.20. The minimum absolute atomic E-state index is 0.0722. The molecule has 2 aromatic heterocycles. The quantitative estimate of drug-likeness (QED) is 0.737. The second-order valence-corrected chi connectivity index (χ2v) is 5.19. The minimum atomic E-state index is -0.0722. The first-order valence-electron chi connectivity index (χ1n) is 6.90. The molecule has 0 radical (unpaired) electrons. The summed E-state index contributed by atoms with van der Waals surface area (Å²) in [4.78, 5) is 15.1. The van der Waals surface area contributed by atoms with E-state index in [-0.39, 0.29) is 5.56 Å². The van der Waals surface area contributed by atoms with Crippen molar-refractivity contribution in [2.45, 2.75) is 18.9 Å². The van der Waals surface area contributed by atoms with Crippen molar-refractivity contribution in [3.63, 3.8) is 0 Å². The van der Waals surface area contributed by atoms with E-state index in [2.05, 4.69) is 10.1 Å². The van der Waals surface area contributed by atoms with E-state index < -0.39 is 0 Å². The molecule has 5 nitrogen and oxygen atoms in total. The molecule has 0 saturated carbocycles. The van der Waals surface area contributed by atoms with Crippen LogP contribution in [0.1, 0.15) is 18.9 Å². The highest BCUT2D eigenvalue weighted by atomic mass is 16.5. The van der Waals surface area contributed by atoms with E-state index in [0.29, 0.717) is 11.4 Å². The van der Waals surface area contributed by atoms with Crippen LogP contribution in [-0.2, 0) is 4.74 Å². The van der Waals surface area contributed by atoms with Crippen LogP contribution in [-0.4, -0.2) is 28.0 Å². The molecule has 102 valence electrons. The van der Waals surface area contributed by atoms with Crippen LogP contribution < -0.4 is 5.56 Å². The smallest absolute Gasteiger partial charge is 0.259 e. The molecule has 20 heavy (non-hydrogen) atoms. The second-order valence-electron chi connectivity index (χ2n) is 5.19. The number of benzene rings is 1. The lowest BCUT2D eigenvalue weighted by molar-refractivity contribution is 0.0675. The number of aromatic amines is 1. The molecule has 1 aliphatic heterocycles. The number of nitrogens with one attached hydrogen (secondary N) is 1. The number of nitrogens with zero attached hydrogens (tertiary/aromatic N) is 2. The van der Waals surface area contributed by atoms with Crippen molar-refractivity contribution in [2.75, 3.05) is 13.2 Å². The zero-order chi connectivity index (χ0) is 13.5. The van der Waals surface area contributed by atoms with E-state index in [0.717, 1.165) is 42.5 Å². The molecule has 0 spiro atoms. The monoisotopic (exact) mass is 269 g/mol. The number of rotatable bonds is 1. The molecule has 4 rings (SSSR count). The Kier molecular flexibility index (Phi) is 2.60. The van der Waals surface area contributed by atoms with Gasteiger partial charge < -0.3 is 9.72 Å². The second kappa shape index (κ2) is 4.45. The molecular formula is C15H15N3O2. The van der Waals surface area contributed by atoms with E-state index in [4.69, 9.17) is 4.74 Å². The predicted molar refractivity (Wildman–Crippen MR) is 76.9 cm³/mol. The van der Waals surface area contributed by atoms with Gasteiger partial charge in [0.1, 0.15) is 0 Å². The molecule has 0 atom stereocenters. The highest BCUT2D eigenvalue weighted by Gasteiger charge is 2.20. The fraction of sp³-hybridized carbons (Fsp3) is 0.333. The third kappa shape index (κ3) is 1.67. The van der Waals surface area contributed by atoms with Gasteiger partial charge >= 0.3 is 0 Å². The summed E-state index contributed by atoms with van der Waals surface area (Å²) in [6, 6.07) is 8.19.